The molecule has 1 rings (SSSR count). The van der Waals surface area contributed by atoms with Crippen LogP contribution in [0.25, 0.3) is 0 Å². The van der Waals surface area contributed by atoms with Crippen LogP contribution in [0.5, 0.6) is 0 Å². The zero-order valence-corrected chi connectivity index (χ0v) is 8.85. The zero-order valence-electron chi connectivity index (χ0n) is 8.85. The molecule has 1 heterocycles. The quantitative estimate of drug-likeness (QED) is 0.718. The molecule has 4 heteroatoms. The summed E-state index contributed by atoms with van der Waals surface area (Å²) in [6.07, 6.45) is 3.90. The van der Waals surface area contributed by atoms with E-state index in [-0.39, 0.29) is 0 Å². The highest BCUT2D eigenvalue weighted by molar-refractivity contribution is 5.05. The van der Waals surface area contributed by atoms with E-state index >= 15 is 0 Å². The Morgan fingerprint density at radius 3 is 2.86 bits per heavy atom. The van der Waals surface area contributed by atoms with Gasteiger partial charge in [-0.05, 0) is 11.5 Å². The van der Waals surface area contributed by atoms with Gasteiger partial charge in [-0.3, -0.25) is 4.68 Å². The van der Waals surface area contributed by atoms with Crippen LogP contribution in [0.3, 0.4) is 0 Å². The number of hydrogen-bond donors (Lipinski definition) is 2. The van der Waals surface area contributed by atoms with Crippen molar-refractivity contribution in [2.45, 2.75) is 32.9 Å². The van der Waals surface area contributed by atoms with Gasteiger partial charge in [0.15, 0.2) is 0 Å². The third-order valence-corrected chi connectivity index (χ3v) is 1.98. The lowest BCUT2D eigenvalue weighted by Gasteiger charge is -2.05. The maximum absolute atomic E-state index is 9.34. The van der Waals surface area contributed by atoms with Crippen LogP contribution in [0.15, 0.2) is 12.4 Å². The van der Waals surface area contributed by atoms with Crippen molar-refractivity contribution >= 4 is 0 Å². The summed E-state index contributed by atoms with van der Waals surface area (Å²) >= 11 is 0. The molecular weight excluding hydrogens is 178 g/mol. The van der Waals surface area contributed by atoms with Gasteiger partial charge in [0.05, 0.1) is 12.3 Å². The lowest BCUT2D eigenvalue weighted by molar-refractivity contribution is 0.183. The monoisotopic (exact) mass is 197 g/mol. The molecule has 0 aliphatic heterocycles. The van der Waals surface area contributed by atoms with E-state index in [0.717, 1.165) is 12.1 Å². The Balaban J connectivity index is 2.50. The molecule has 1 aromatic rings. The first-order valence-electron chi connectivity index (χ1n) is 5.01. The standard InChI is InChI=1S/C10H19N3O/c1-8(2)6-13-7-9(5-12-13)3-10(14)4-11/h5,7-8,10,14H,3-4,6,11H2,1-2H3. The maximum Gasteiger partial charge on any atom is 0.0703 e. The summed E-state index contributed by atoms with van der Waals surface area (Å²) in [5.41, 5.74) is 6.38. The van der Waals surface area contributed by atoms with Crippen molar-refractivity contribution in [3.63, 3.8) is 0 Å². The van der Waals surface area contributed by atoms with E-state index in [4.69, 9.17) is 5.73 Å². The Bertz CT molecular complexity index is 270. The molecule has 0 bridgehead atoms. The maximum atomic E-state index is 9.34. The summed E-state index contributed by atoms with van der Waals surface area (Å²) in [5, 5.41) is 13.5. The van der Waals surface area contributed by atoms with Crippen molar-refractivity contribution in [2.75, 3.05) is 6.54 Å². The van der Waals surface area contributed by atoms with Crippen molar-refractivity contribution in [1.29, 1.82) is 0 Å². The molecule has 0 fully saturated rings. The van der Waals surface area contributed by atoms with Gasteiger partial charge >= 0.3 is 0 Å². The van der Waals surface area contributed by atoms with E-state index in [9.17, 15) is 5.11 Å². The van der Waals surface area contributed by atoms with Gasteiger partial charge < -0.3 is 10.8 Å². The Morgan fingerprint density at radius 2 is 2.29 bits per heavy atom. The second kappa shape index (κ2) is 5.12. The predicted octanol–water partition coefficient (Wildman–Crippen LogP) is 0.401. The number of nitrogens with two attached hydrogens (primary N) is 1. The van der Waals surface area contributed by atoms with Crippen LogP contribution in [0.1, 0.15) is 19.4 Å². The van der Waals surface area contributed by atoms with Gasteiger partial charge in [0.1, 0.15) is 0 Å². The van der Waals surface area contributed by atoms with Crippen molar-refractivity contribution in [3.05, 3.63) is 18.0 Å². The topological polar surface area (TPSA) is 64.1 Å². The van der Waals surface area contributed by atoms with Gasteiger partial charge in [0, 0.05) is 25.7 Å². The van der Waals surface area contributed by atoms with Crippen LogP contribution in [-0.2, 0) is 13.0 Å². The average Bonchev–Trinajstić information content (AvgIpc) is 2.51. The van der Waals surface area contributed by atoms with Crippen LogP contribution in [0.4, 0.5) is 0 Å². The van der Waals surface area contributed by atoms with Gasteiger partial charge in [0.2, 0.25) is 0 Å². The highest BCUT2D eigenvalue weighted by atomic mass is 16.3. The minimum Gasteiger partial charge on any atom is -0.391 e. The summed E-state index contributed by atoms with van der Waals surface area (Å²) in [4.78, 5) is 0. The lowest BCUT2D eigenvalue weighted by Crippen LogP contribution is -2.21. The fraction of sp³-hybridized carbons (Fsp3) is 0.700. The van der Waals surface area contributed by atoms with E-state index in [1.807, 2.05) is 10.9 Å². The fourth-order valence-electron chi connectivity index (χ4n) is 1.34. The molecule has 1 unspecified atom stereocenters. The summed E-state index contributed by atoms with van der Waals surface area (Å²) < 4.78 is 1.91. The molecule has 14 heavy (non-hydrogen) atoms. The van der Waals surface area contributed by atoms with E-state index in [1.165, 1.54) is 0 Å². The highest BCUT2D eigenvalue weighted by Gasteiger charge is 2.05. The summed E-state index contributed by atoms with van der Waals surface area (Å²) in [6.45, 7) is 5.51. The molecule has 0 saturated carbocycles. The second-order valence-corrected chi connectivity index (χ2v) is 4.06. The third kappa shape index (κ3) is 3.47. The third-order valence-electron chi connectivity index (χ3n) is 1.98. The largest absolute Gasteiger partial charge is 0.391 e. The molecule has 0 spiro atoms. The van der Waals surface area contributed by atoms with E-state index in [2.05, 4.69) is 18.9 Å². The van der Waals surface area contributed by atoms with Gasteiger partial charge in [0.25, 0.3) is 0 Å². The molecule has 0 amide bonds. The molecular formula is C10H19N3O. The van der Waals surface area contributed by atoms with Crippen LogP contribution >= 0.6 is 0 Å². The Kier molecular flexibility index (Phi) is 4.10. The van der Waals surface area contributed by atoms with E-state index in [1.54, 1.807) is 6.20 Å². The smallest absolute Gasteiger partial charge is 0.0703 e. The van der Waals surface area contributed by atoms with Crippen LogP contribution < -0.4 is 5.73 Å². The first-order valence-corrected chi connectivity index (χ1v) is 5.01. The average molecular weight is 197 g/mol. The van der Waals surface area contributed by atoms with Crippen molar-refractivity contribution in [2.24, 2.45) is 11.7 Å². The van der Waals surface area contributed by atoms with Gasteiger partial charge in [-0.15, -0.1) is 0 Å². The van der Waals surface area contributed by atoms with Gasteiger partial charge in [-0.25, -0.2) is 0 Å². The summed E-state index contributed by atoms with van der Waals surface area (Å²) in [6, 6.07) is 0. The van der Waals surface area contributed by atoms with E-state index in [0.29, 0.717) is 18.9 Å². The Hall–Kier alpha value is -0.870. The van der Waals surface area contributed by atoms with Gasteiger partial charge in [-0.1, -0.05) is 13.8 Å². The molecule has 80 valence electrons. The zero-order chi connectivity index (χ0) is 10.6. The SMILES string of the molecule is CC(C)Cn1cc(CC(O)CN)cn1. The summed E-state index contributed by atoms with van der Waals surface area (Å²) in [7, 11) is 0. The predicted molar refractivity (Wildman–Crippen MR) is 55.8 cm³/mol. The van der Waals surface area contributed by atoms with Crippen molar-refractivity contribution < 1.29 is 5.11 Å². The molecule has 3 N–H and O–H groups in total. The lowest BCUT2D eigenvalue weighted by atomic mass is 10.1. The molecule has 0 aromatic carbocycles. The molecule has 0 aliphatic rings. The van der Waals surface area contributed by atoms with Crippen LogP contribution in [0, 0.1) is 5.92 Å². The summed E-state index contributed by atoms with van der Waals surface area (Å²) in [5.74, 6) is 0.585. The normalized spacial score (nSPS) is 13.5. The minimum absolute atomic E-state index is 0.301. The van der Waals surface area contributed by atoms with Crippen molar-refractivity contribution in [1.82, 2.24) is 9.78 Å². The molecule has 0 radical (unpaired) electrons. The molecule has 4 nitrogen and oxygen atoms in total. The van der Waals surface area contributed by atoms with Gasteiger partial charge in [-0.2, -0.15) is 5.10 Å². The number of aromatic nitrogens is 2. The minimum atomic E-state index is -0.452. The highest BCUT2D eigenvalue weighted by Crippen LogP contribution is 2.04. The van der Waals surface area contributed by atoms with Crippen LogP contribution in [0.2, 0.25) is 0 Å². The van der Waals surface area contributed by atoms with Crippen LogP contribution in [-0.4, -0.2) is 27.5 Å². The molecule has 0 saturated heterocycles. The van der Waals surface area contributed by atoms with Crippen molar-refractivity contribution in [3.8, 4) is 0 Å². The first kappa shape index (κ1) is 11.2. The molecule has 1 aromatic heterocycles. The number of hydrogen-bond acceptors (Lipinski definition) is 3. The fourth-order valence-corrected chi connectivity index (χ4v) is 1.34. The number of rotatable bonds is 5. The first-order chi connectivity index (χ1) is 6.61. The second-order valence-electron chi connectivity index (χ2n) is 4.06. The Morgan fingerprint density at radius 1 is 1.57 bits per heavy atom. The van der Waals surface area contributed by atoms with E-state index < -0.39 is 6.10 Å². The molecule has 0 aliphatic carbocycles. The Labute approximate surface area is 84.7 Å². The number of nitrogens with zero attached hydrogens (tertiary/aromatic N) is 2. The molecule has 1 atom stereocenters. The number of aliphatic hydroxyl groups is 1. The number of aliphatic hydroxyl groups excluding tert-OH is 1.